The number of benzene rings is 1. The molecule has 1 saturated carbocycles. The van der Waals surface area contributed by atoms with E-state index < -0.39 is 5.82 Å². The number of hydrogen-bond acceptors (Lipinski definition) is 2. The maximum Gasteiger partial charge on any atom is 0.166 e. The van der Waals surface area contributed by atoms with Gasteiger partial charge in [0, 0.05) is 5.54 Å². The fraction of sp³-hybridized carbons (Fsp3) is 0.333. The third-order valence-electron chi connectivity index (χ3n) is 2.38. The normalized spacial score (nSPS) is 18.7. The second kappa shape index (κ2) is 2.69. The predicted octanol–water partition coefficient (Wildman–Crippen LogP) is 2.24. The van der Waals surface area contributed by atoms with Crippen LogP contribution in [0.1, 0.15) is 18.4 Å². The third kappa shape index (κ3) is 1.44. The molecular weight excluding hydrogens is 237 g/mol. The van der Waals surface area contributed by atoms with E-state index >= 15 is 0 Å². The SMILES string of the molecule is NC1(c2cc(F)c(O)c(Br)c2)CC1. The second-order valence-corrected chi connectivity index (χ2v) is 4.30. The van der Waals surface area contributed by atoms with Gasteiger partial charge in [0.1, 0.15) is 0 Å². The molecule has 0 bridgehead atoms. The van der Waals surface area contributed by atoms with Crippen molar-refractivity contribution in [1.82, 2.24) is 0 Å². The van der Waals surface area contributed by atoms with Gasteiger partial charge in [0.15, 0.2) is 11.6 Å². The van der Waals surface area contributed by atoms with Gasteiger partial charge in [-0.15, -0.1) is 0 Å². The van der Waals surface area contributed by atoms with Gasteiger partial charge in [-0.25, -0.2) is 4.39 Å². The van der Waals surface area contributed by atoms with Crippen LogP contribution < -0.4 is 5.73 Å². The molecule has 0 radical (unpaired) electrons. The molecule has 1 aliphatic carbocycles. The van der Waals surface area contributed by atoms with E-state index in [2.05, 4.69) is 15.9 Å². The first-order valence-electron chi connectivity index (χ1n) is 4.00. The molecule has 2 nitrogen and oxygen atoms in total. The summed E-state index contributed by atoms with van der Waals surface area (Å²) in [6.45, 7) is 0. The molecule has 4 heteroatoms. The molecule has 0 heterocycles. The highest BCUT2D eigenvalue weighted by molar-refractivity contribution is 9.10. The number of rotatable bonds is 1. The van der Waals surface area contributed by atoms with Gasteiger partial charge in [0.05, 0.1) is 4.47 Å². The largest absolute Gasteiger partial charge is 0.504 e. The highest BCUT2D eigenvalue weighted by Crippen LogP contribution is 2.44. The molecule has 0 atom stereocenters. The summed E-state index contributed by atoms with van der Waals surface area (Å²) >= 11 is 3.07. The summed E-state index contributed by atoms with van der Waals surface area (Å²) in [5.74, 6) is -0.978. The van der Waals surface area contributed by atoms with E-state index in [0.29, 0.717) is 4.47 Å². The van der Waals surface area contributed by atoms with Crippen molar-refractivity contribution in [3.05, 3.63) is 28.0 Å². The van der Waals surface area contributed by atoms with Crippen LogP contribution in [0.25, 0.3) is 0 Å². The highest BCUT2D eigenvalue weighted by Gasteiger charge is 2.40. The van der Waals surface area contributed by atoms with Gasteiger partial charge in [-0.1, -0.05) is 0 Å². The Morgan fingerprint density at radius 1 is 1.46 bits per heavy atom. The predicted molar refractivity (Wildman–Crippen MR) is 50.9 cm³/mol. The van der Waals surface area contributed by atoms with Gasteiger partial charge < -0.3 is 10.8 Å². The van der Waals surface area contributed by atoms with Crippen LogP contribution in [0, 0.1) is 5.82 Å². The number of aromatic hydroxyl groups is 1. The fourth-order valence-electron chi connectivity index (χ4n) is 1.28. The molecule has 1 aliphatic rings. The van der Waals surface area contributed by atoms with Crippen molar-refractivity contribution in [2.45, 2.75) is 18.4 Å². The standard InChI is InChI=1S/C9H9BrFNO/c10-6-3-5(9(12)1-2-9)4-7(11)8(6)13/h3-4,13H,1-2,12H2. The zero-order valence-electron chi connectivity index (χ0n) is 6.85. The topological polar surface area (TPSA) is 46.2 Å². The lowest BCUT2D eigenvalue weighted by Gasteiger charge is -2.10. The van der Waals surface area contributed by atoms with E-state index in [1.807, 2.05) is 0 Å². The molecule has 0 aromatic heterocycles. The van der Waals surface area contributed by atoms with Crippen LogP contribution in [-0.4, -0.2) is 5.11 Å². The van der Waals surface area contributed by atoms with E-state index in [4.69, 9.17) is 10.8 Å². The Balaban J connectivity index is 2.50. The van der Waals surface area contributed by atoms with Gasteiger partial charge in [-0.2, -0.15) is 0 Å². The molecule has 3 N–H and O–H groups in total. The van der Waals surface area contributed by atoms with Crippen LogP contribution in [-0.2, 0) is 5.54 Å². The van der Waals surface area contributed by atoms with Crippen LogP contribution in [0.4, 0.5) is 4.39 Å². The third-order valence-corrected chi connectivity index (χ3v) is 2.98. The molecule has 13 heavy (non-hydrogen) atoms. The summed E-state index contributed by atoms with van der Waals surface area (Å²) in [4.78, 5) is 0. The van der Waals surface area contributed by atoms with Crippen molar-refractivity contribution in [3.8, 4) is 5.75 Å². The van der Waals surface area contributed by atoms with Crippen molar-refractivity contribution in [2.75, 3.05) is 0 Å². The van der Waals surface area contributed by atoms with E-state index in [0.717, 1.165) is 18.4 Å². The first kappa shape index (κ1) is 8.97. The molecule has 1 fully saturated rings. The number of phenols is 1. The van der Waals surface area contributed by atoms with E-state index in [1.54, 1.807) is 6.07 Å². The first-order valence-corrected chi connectivity index (χ1v) is 4.80. The Bertz CT molecular complexity index is 340. The van der Waals surface area contributed by atoms with Crippen LogP contribution in [0.15, 0.2) is 16.6 Å². The van der Waals surface area contributed by atoms with Gasteiger partial charge in [-0.05, 0) is 46.5 Å². The Morgan fingerprint density at radius 3 is 2.54 bits per heavy atom. The lowest BCUT2D eigenvalue weighted by atomic mass is 10.1. The molecule has 0 amide bonds. The average molecular weight is 246 g/mol. The van der Waals surface area contributed by atoms with Crippen molar-refractivity contribution >= 4 is 15.9 Å². The van der Waals surface area contributed by atoms with Crippen molar-refractivity contribution < 1.29 is 9.50 Å². The highest BCUT2D eigenvalue weighted by atomic mass is 79.9. The van der Waals surface area contributed by atoms with E-state index in [9.17, 15) is 4.39 Å². The summed E-state index contributed by atoms with van der Waals surface area (Å²) in [6.07, 6.45) is 1.76. The fourth-order valence-corrected chi connectivity index (χ4v) is 1.71. The molecule has 0 saturated heterocycles. The Labute approximate surface area is 83.7 Å². The second-order valence-electron chi connectivity index (χ2n) is 3.44. The minimum atomic E-state index is -0.624. The summed E-state index contributed by atoms with van der Waals surface area (Å²) < 4.78 is 13.4. The lowest BCUT2D eigenvalue weighted by molar-refractivity contribution is 0.427. The average Bonchev–Trinajstić information content (AvgIpc) is 2.80. The molecule has 1 aromatic carbocycles. The molecule has 2 rings (SSSR count). The van der Waals surface area contributed by atoms with Gasteiger partial charge in [0.2, 0.25) is 0 Å². The maximum absolute atomic E-state index is 13.1. The lowest BCUT2D eigenvalue weighted by Crippen LogP contribution is -2.18. The Hall–Kier alpha value is -0.610. The minimum absolute atomic E-state index is 0.354. The summed E-state index contributed by atoms with van der Waals surface area (Å²) in [5.41, 5.74) is 6.27. The molecular formula is C9H9BrFNO. The quantitative estimate of drug-likeness (QED) is 0.798. The Morgan fingerprint density at radius 2 is 2.08 bits per heavy atom. The monoisotopic (exact) mass is 245 g/mol. The smallest absolute Gasteiger partial charge is 0.166 e. The van der Waals surface area contributed by atoms with Crippen LogP contribution >= 0.6 is 15.9 Å². The minimum Gasteiger partial charge on any atom is -0.504 e. The first-order chi connectivity index (χ1) is 6.03. The van der Waals surface area contributed by atoms with Crippen molar-refractivity contribution in [1.29, 1.82) is 0 Å². The Kier molecular flexibility index (Phi) is 1.85. The van der Waals surface area contributed by atoms with Crippen LogP contribution in [0.5, 0.6) is 5.75 Å². The zero-order chi connectivity index (χ0) is 9.64. The van der Waals surface area contributed by atoms with Crippen molar-refractivity contribution in [3.63, 3.8) is 0 Å². The van der Waals surface area contributed by atoms with Gasteiger partial charge in [-0.3, -0.25) is 0 Å². The number of phenolic OH excluding ortho intramolecular Hbond substituents is 1. The van der Waals surface area contributed by atoms with E-state index in [1.165, 1.54) is 6.07 Å². The molecule has 0 unspecified atom stereocenters. The summed E-state index contributed by atoms with van der Waals surface area (Å²) in [7, 11) is 0. The molecule has 70 valence electrons. The van der Waals surface area contributed by atoms with Crippen molar-refractivity contribution in [2.24, 2.45) is 5.73 Å². The van der Waals surface area contributed by atoms with Crippen LogP contribution in [0.2, 0.25) is 0 Å². The molecule has 0 spiro atoms. The van der Waals surface area contributed by atoms with Crippen LogP contribution in [0.3, 0.4) is 0 Å². The molecule has 1 aromatic rings. The molecule has 0 aliphatic heterocycles. The number of hydrogen-bond donors (Lipinski definition) is 2. The number of nitrogens with two attached hydrogens (primary N) is 1. The zero-order valence-corrected chi connectivity index (χ0v) is 8.44. The summed E-state index contributed by atoms with van der Waals surface area (Å²) in [5, 5.41) is 9.15. The van der Waals surface area contributed by atoms with E-state index in [-0.39, 0.29) is 11.3 Å². The van der Waals surface area contributed by atoms with Gasteiger partial charge >= 0.3 is 0 Å². The maximum atomic E-state index is 13.1. The summed E-state index contributed by atoms with van der Waals surface area (Å²) in [6, 6.07) is 2.97. The number of halogens is 2. The van der Waals surface area contributed by atoms with Gasteiger partial charge in [0.25, 0.3) is 0 Å².